The zero-order valence-electron chi connectivity index (χ0n) is 17.1. The minimum absolute atomic E-state index is 0.0102. The van der Waals surface area contributed by atoms with Crippen molar-refractivity contribution in [2.75, 3.05) is 0 Å². The number of benzene rings is 1. The molecule has 0 fully saturated rings. The number of primary amides is 1. The van der Waals surface area contributed by atoms with E-state index >= 15 is 0 Å². The van der Waals surface area contributed by atoms with Crippen molar-refractivity contribution in [2.24, 2.45) is 5.73 Å². The van der Waals surface area contributed by atoms with E-state index in [1.54, 1.807) is 0 Å². The number of hydrogen-bond acceptors (Lipinski definition) is 1. The number of hydrogen-bond donors (Lipinski definition) is 1. The van der Waals surface area contributed by atoms with Crippen LogP contribution in [0, 0.1) is 0 Å². The van der Waals surface area contributed by atoms with Crippen LogP contribution >= 0.6 is 0 Å². The van der Waals surface area contributed by atoms with E-state index < -0.39 is 17.6 Å². The van der Waals surface area contributed by atoms with Crippen molar-refractivity contribution in [3.05, 3.63) is 34.4 Å². The summed E-state index contributed by atoms with van der Waals surface area (Å²) in [4.78, 5) is 12.0. The summed E-state index contributed by atoms with van der Waals surface area (Å²) in [6.45, 7) is 8.08. The minimum atomic E-state index is -4.49. The number of carbonyl (C=O) groups is 1. The number of alkyl halides is 3. The molecular weight excluding hydrogens is 351 g/mol. The highest BCUT2D eigenvalue weighted by Gasteiger charge is 2.34. The zero-order valence-corrected chi connectivity index (χ0v) is 17.1. The van der Waals surface area contributed by atoms with Gasteiger partial charge < -0.3 is 5.73 Å². The number of unbranched alkanes of at least 4 members (excludes halogenated alkanes) is 4. The summed E-state index contributed by atoms with van der Waals surface area (Å²) in [5.41, 5.74) is 6.09. The van der Waals surface area contributed by atoms with E-state index in [9.17, 15) is 18.0 Å². The van der Waals surface area contributed by atoms with Crippen molar-refractivity contribution in [1.29, 1.82) is 0 Å². The van der Waals surface area contributed by atoms with Crippen molar-refractivity contribution < 1.29 is 18.0 Å². The molecule has 0 spiro atoms. The van der Waals surface area contributed by atoms with Gasteiger partial charge in [0.2, 0.25) is 5.91 Å². The topological polar surface area (TPSA) is 43.1 Å². The third-order valence-corrected chi connectivity index (χ3v) is 5.50. The molecule has 1 rings (SSSR count). The van der Waals surface area contributed by atoms with E-state index in [0.29, 0.717) is 11.1 Å². The monoisotopic (exact) mass is 385 g/mol. The first-order chi connectivity index (χ1) is 12.7. The van der Waals surface area contributed by atoms with E-state index in [2.05, 4.69) is 6.92 Å². The van der Waals surface area contributed by atoms with Gasteiger partial charge in [-0.25, -0.2) is 0 Å². The number of amides is 1. The summed E-state index contributed by atoms with van der Waals surface area (Å²) in [6.07, 6.45) is 3.40. The first kappa shape index (κ1) is 23.5. The van der Waals surface area contributed by atoms with E-state index in [-0.39, 0.29) is 17.4 Å². The Morgan fingerprint density at radius 3 is 2.15 bits per heavy atom. The molecule has 0 aliphatic carbocycles. The zero-order chi connectivity index (χ0) is 20.6. The fraction of sp³-hybridized carbons (Fsp3) is 0.682. The van der Waals surface area contributed by atoms with Crippen LogP contribution < -0.4 is 5.73 Å². The number of halogens is 3. The van der Waals surface area contributed by atoms with E-state index in [0.717, 1.165) is 51.0 Å². The van der Waals surface area contributed by atoms with Gasteiger partial charge in [-0.05, 0) is 54.4 Å². The van der Waals surface area contributed by atoms with Crippen LogP contribution in [-0.4, -0.2) is 5.91 Å². The second kappa shape index (κ2) is 10.7. The fourth-order valence-electron chi connectivity index (χ4n) is 3.71. The lowest BCUT2D eigenvalue weighted by molar-refractivity contribution is -0.137. The maximum atomic E-state index is 13.4. The van der Waals surface area contributed by atoms with Gasteiger partial charge in [-0.3, -0.25) is 4.79 Å². The number of nitrogens with two attached hydrogens (primary N) is 1. The molecule has 0 aliphatic rings. The summed E-state index contributed by atoms with van der Waals surface area (Å²) in [5, 5.41) is 0. The number of carbonyl (C=O) groups excluding carboxylic acids is 1. The largest absolute Gasteiger partial charge is 0.416 e. The molecule has 2 N–H and O–H groups in total. The Bertz CT molecular complexity index is 610. The van der Waals surface area contributed by atoms with Gasteiger partial charge >= 0.3 is 6.18 Å². The molecule has 5 heteroatoms. The molecule has 0 saturated carbocycles. The third kappa shape index (κ3) is 6.54. The summed E-state index contributed by atoms with van der Waals surface area (Å²) in [5.74, 6) is -0.787. The molecular formula is C22H34F3NO. The molecule has 0 saturated heterocycles. The van der Waals surface area contributed by atoms with Gasteiger partial charge in [0, 0.05) is 5.56 Å². The van der Waals surface area contributed by atoms with Gasteiger partial charge in [0.15, 0.2) is 0 Å². The van der Waals surface area contributed by atoms with Gasteiger partial charge in [0.1, 0.15) is 0 Å². The van der Waals surface area contributed by atoms with Crippen LogP contribution in [0.15, 0.2) is 12.1 Å². The quantitative estimate of drug-likeness (QED) is 0.403. The van der Waals surface area contributed by atoms with E-state index in [1.807, 2.05) is 20.8 Å². The molecule has 1 aromatic carbocycles. The first-order valence-electron chi connectivity index (χ1n) is 10.2. The number of rotatable bonds is 11. The van der Waals surface area contributed by atoms with Gasteiger partial charge in [0.25, 0.3) is 0 Å². The lowest BCUT2D eigenvalue weighted by Gasteiger charge is -2.26. The summed E-state index contributed by atoms with van der Waals surface area (Å²) in [7, 11) is 0. The molecule has 0 aliphatic heterocycles. The van der Waals surface area contributed by atoms with Crippen LogP contribution in [0.5, 0.6) is 0 Å². The molecule has 1 aromatic rings. The third-order valence-electron chi connectivity index (χ3n) is 5.50. The molecule has 2 atom stereocenters. The fourth-order valence-corrected chi connectivity index (χ4v) is 3.71. The highest BCUT2D eigenvalue weighted by atomic mass is 19.4. The van der Waals surface area contributed by atoms with Crippen LogP contribution in [0.1, 0.15) is 118 Å². The molecule has 0 heterocycles. The van der Waals surface area contributed by atoms with Gasteiger partial charge in [-0.15, -0.1) is 0 Å². The predicted octanol–water partition coefficient (Wildman–Crippen LogP) is 7.17. The van der Waals surface area contributed by atoms with Crippen LogP contribution in [-0.2, 0) is 6.18 Å². The second-order valence-corrected chi connectivity index (χ2v) is 7.51. The molecule has 0 bridgehead atoms. The Morgan fingerprint density at radius 2 is 1.67 bits per heavy atom. The first-order valence-corrected chi connectivity index (χ1v) is 10.2. The van der Waals surface area contributed by atoms with Crippen molar-refractivity contribution in [3.8, 4) is 0 Å². The Morgan fingerprint density at radius 1 is 1.04 bits per heavy atom. The minimum Gasteiger partial charge on any atom is -0.366 e. The maximum absolute atomic E-state index is 13.4. The van der Waals surface area contributed by atoms with Crippen LogP contribution in [0.2, 0.25) is 0 Å². The van der Waals surface area contributed by atoms with Crippen molar-refractivity contribution in [2.45, 2.75) is 97.1 Å². The molecule has 2 unspecified atom stereocenters. The van der Waals surface area contributed by atoms with E-state index in [1.165, 1.54) is 12.5 Å². The Balaban J connectivity index is 3.37. The molecule has 1 amide bonds. The molecule has 2 nitrogen and oxygen atoms in total. The van der Waals surface area contributed by atoms with Gasteiger partial charge in [-0.2, -0.15) is 13.2 Å². The highest BCUT2D eigenvalue weighted by molar-refractivity contribution is 5.95. The van der Waals surface area contributed by atoms with Crippen LogP contribution in [0.4, 0.5) is 13.2 Å². The maximum Gasteiger partial charge on any atom is 0.416 e. The molecule has 27 heavy (non-hydrogen) atoms. The van der Waals surface area contributed by atoms with Crippen molar-refractivity contribution >= 4 is 5.91 Å². The SMILES string of the molecule is CCCCCCCC(CC)c1cc(C(F)(F)F)cc(C(N)=O)c1C(C)CC. The average Bonchev–Trinajstić information content (AvgIpc) is 2.62. The lowest BCUT2D eigenvalue weighted by Crippen LogP contribution is -2.20. The molecule has 0 aromatic heterocycles. The Kier molecular flexibility index (Phi) is 9.34. The average molecular weight is 386 g/mol. The lowest BCUT2D eigenvalue weighted by atomic mass is 9.79. The van der Waals surface area contributed by atoms with Crippen LogP contribution in [0.25, 0.3) is 0 Å². The molecule has 0 radical (unpaired) electrons. The van der Waals surface area contributed by atoms with Crippen LogP contribution in [0.3, 0.4) is 0 Å². The van der Waals surface area contributed by atoms with Gasteiger partial charge in [-0.1, -0.05) is 59.8 Å². The Labute approximate surface area is 161 Å². The van der Waals surface area contributed by atoms with E-state index in [4.69, 9.17) is 5.73 Å². The highest BCUT2D eigenvalue weighted by Crippen LogP contribution is 2.40. The van der Waals surface area contributed by atoms with Crippen molar-refractivity contribution in [1.82, 2.24) is 0 Å². The Hall–Kier alpha value is -1.52. The van der Waals surface area contributed by atoms with Crippen molar-refractivity contribution in [3.63, 3.8) is 0 Å². The summed E-state index contributed by atoms with van der Waals surface area (Å²) >= 11 is 0. The molecule has 154 valence electrons. The normalized spacial score (nSPS) is 14.2. The predicted molar refractivity (Wildman–Crippen MR) is 105 cm³/mol. The standard InChI is InChI=1S/C22H34F3NO/c1-5-8-9-10-11-12-16(7-3)18-13-17(22(23,24)25)14-19(21(26)27)20(18)15(4)6-2/h13-16H,5-12H2,1-4H3,(H2,26,27). The second-order valence-electron chi connectivity index (χ2n) is 7.51. The van der Waals surface area contributed by atoms with Gasteiger partial charge in [0.05, 0.1) is 5.56 Å². The smallest absolute Gasteiger partial charge is 0.366 e. The summed E-state index contributed by atoms with van der Waals surface area (Å²) in [6, 6.07) is 2.19. The summed E-state index contributed by atoms with van der Waals surface area (Å²) < 4.78 is 40.3.